The second kappa shape index (κ2) is 3.01. The Bertz CT molecular complexity index is 131. The smallest absolute Gasteiger partial charge is 0.309 e. The maximum Gasteiger partial charge on any atom is 0.309 e. The molecule has 1 fully saturated rings. The Morgan fingerprint density at radius 3 is 2.70 bits per heavy atom. The Hall–Kier alpha value is -0.570. The minimum atomic E-state index is -0.176. The summed E-state index contributed by atoms with van der Waals surface area (Å²) in [5.74, 6) is -0.0484. The third kappa shape index (κ3) is 1.14. The van der Waals surface area contributed by atoms with Gasteiger partial charge >= 0.3 is 5.97 Å². The van der Waals surface area contributed by atoms with Crippen LogP contribution in [0.3, 0.4) is 0 Å². The number of carbonyl (C=O) groups is 1. The van der Waals surface area contributed by atoms with E-state index in [1.54, 1.807) is 0 Å². The molecular weight excluding hydrogens is 132 g/mol. The van der Waals surface area contributed by atoms with Crippen LogP contribution < -0.4 is 0 Å². The number of methoxy groups -OCH3 is 1. The average Bonchev–Trinajstić information content (AvgIpc) is 1.86. The summed E-state index contributed by atoms with van der Waals surface area (Å²) in [6, 6.07) is 0. The summed E-state index contributed by atoms with van der Waals surface area (Å²) >= 11 is 0. The fourth-order valence-electron chi connectivity index (χ4n) is 1.25. The molecule has 58 valence electrons. The van der Waals surface area contributed by atoms with Gasteiger partial charge in [0, 0.05) is 6.61 Å². The normalized spacial score (nSPS) is 31.0. The summed E-state index contributed by atoms with van der Waals surface area (Å²) in [7, 11) is 1.38. The second-order valence-electron chi connectivity index (χ2n) is 2.65. The maximum atomic E-state index is 10.8. The highest BCUT2D eigenvalue weighted by Crippen LogP contribution is 2.34. The standard InChI is InChI=1S/C7H12O3/c1-10-7(9)6-3-2-5(6)4-8/h5-6,8H,2-4H2,1H3/t5-,6+/m0/s1. The summed E-state index contributed by atoms with van der Waals surface area (Å²) in [6.45, 7) is 0.111. The summed E-state index contributed by atoms with van der Waals surface area (Å²) in [5, 5.41) is 8.69. The molecule has 0 spiro atoms. The Morgan fingerprint density at radius 1 is 1.70 bits per heavy atom. The zero-order chi connectivity index (χ0) is 7.56. The Morgan fingerprint density at radius 2 is 2.40 bits per heavy atom. The molecule has 1 N–H and O–H groups in total. The number of rotatable bonds is 2. The Labute approximate surface area is 60.0 Å². The van der Waals surface area contributed by atoms with Crippen LogP contribution in [-0.2, 0) is 9.53 Å². The van der Waals surface area contributed by atoms with Crippen molar-refractivity contribution in [3.63, 3.8) is 0 Å². The third-order valence-corrected chi connectivity index (χ3v) is 2.16. The molecule has 0 heterocycles. The quantitative estimate of drug-likeness (QED) is 0.562. The SMILES string of the molecule is COC(=O)[C@@H]1CC[C@H]1CO. The predicted molar refractivity (Wildman–Crippen MR) is 35.3 cm³/mol. The van der Waals surface area contributed by atoms with Crippen LogP contribution >= 0.6 is 0 Å². The molecule has 1 saturated carbocycles. The van der Waals surface area contributed by atoms with Gasteiger partial charge in [-0.2, -0.15) is 0 Å². The highest BCUT2D eigenvalue weighted by molar-refractivity contribution is 5.73. The molecule has 0 amide bonds. The van der Waals surface area contributed by atoms with Gasteiger partial charge in [-0.1, -0.05) is 0 Å². The second-order valence-corrected chi connectivity index (χ2v) is 2.65. The van der Waals surface area contributed by atoms with Gasteiger partial charge in [-0.05, 0) is 18.8 Å². The van der Waals surface area contributed by atoms with Crippen molar-refractivity contribution in [3.05, 3.63) is 0 Å². The maximum absolute atomic E-state index is 10.8. The summed E-state index contributed by atoms with van der Waals surface area (Å²) in [6.07, 6.45) is 1.83. The lowest BCUT2D eigenvalue weighted by atomic mass is 9.74. The molecule has 0 radical (unpaired) electrons. The van der Waals surface area contributed by atoms with Crippen LogP contribution in [0.5, 0.6) is 0 Å². The summed E-state index contributed by atoms with van der Waals surface area (Å²) < 4.78 is 4.54. The molecule has 1 rings (SSSR count). The molecule has 3 heteroatoms. The number of hydrogen-bond donors (Lipinski definition) is 1. The van der Waals surface area contributed by atoms with E-state index in [1.165, 1.54) is 7.11 Å². The van der Waals surface area contributed by atoms with Gasteiger partial charge in [-0.25, -0.2) is 0 Å². The van der Waals surface area contributed by atoms with Gasteiger partial charge < -0.3 is 9.84 Å². The molecule has 2 atom stereocenters. The lowest BCUT2D eigenvalue weighted by molar-refractivity contribution is -0.152. The molecule has 1 aliphatic rings. The van der Waals surface area contributed by atoms with Gasteiger partial charge in [0.05, 0.1) is 13.0 Å². The van der Waals surface area contributed by atoms with E-state index in [-0.39, 0.29) is 24.4 Å². The first-order valence-corrected chi connectivity index (χ1v) is 3.48. The molecule has 0 saturated heterocycles. The van der Waals surface area contributed by atoms with E-state index in [0.29, 0.717) is 0 Å². The first-order chi connectivity index (χ1) is 4.79. The lowest BCUT2D eigenvalue weighted by Crippen LogP contribution is -2.35. The van der Waals surface area contributed by atoms with Crippen molar-refractivity contribution in [1.82, 2.24) is 0 Å². The fourth-order valence-corrected chi connectivity index (χ4v) is 1.25. The topological polar surface area (TPSA) is 46.5 Å². The minimum absolute atomic E-state index is 0.0324. The fraction of sp³-hybridized carbons (Fsp3) is 0.857. The molecule has 3 nitrogen and oxygen atoms in total. The largest absolute Gasteiger partial charge is 0.469 e. The van der Waals surface area contributed by atoms with Crippen LogP contribution in [0.4, 0.5) is 0 Å². The molecule has 0 unspecified atom stereocenters. The van der Waals surface area contributed by atoms with E-state index in [1.807, 2.05) is 0 Å². The van der Waals surface area contributed by atoms with Gasteiger partial charge in [0.1, 0.15) is 0 Å². The van der Waals surface area contributed by atoms with Crippen molar-refractivity contribution in [2.45, 2.75) is 12.8 Å². The van der Waals surface area contributed by atoms with Crippen LogP contribution in [0.1, 0.15) is 12.8 Å². The molecule has 0 aromatic heterocycles. The zero-order valence-corrected chi connectivity index (χ0v) is 6.04. The molecule has 0 aromatic rings. The number of carbonyl (C=O) groups excluding carboxylic acids is 1. The zero-order valence-electron chi connectivity index (χ0n) is 6.04. The third-order valence-electron chi connectivity index (χ3n) is 2.16. The lowest BCUT2D eigenvalue weighted by Gasteiger charge is -2.32. The average molecular weight is 144 g/mol. The number of aliphatic hydroxyl groups excluding tert-OH is 1. The van der Waals surface area contributed by atoms with Gasteiger partial charge in [0.15, 0.2) is 0 Å². The van der Waals surface area contributed by atoms with E-state index in [0.717, 1.165) is 12.8 Å². The first-order valence-electron chi connectivity index (χ1n) is 3.48. The highest BCUT2D eigenvalue weighted by atomic mass is 16.5. The van der Waals surface area contributed by atoms with E-state index < -0.39 is 0 Å². The van der Waals surface area contributed by atoms with Crippen LogP contribution in [-0.4, -0.2) is 24.8 Å². The predicted octanol–water partition coefficient (Wildman–Crippen LogP) is 0.178. The number of hydrogen-bond acceptors (Lipinski definition) is 3. The molecule has 0 aliphatic heterocycles. The van der Waals surface area contributed by atoms with Crippen LogP contribution in [0.15, 0.2) is 0 Å². The van der Waals surface area contributed by atoms with Crippen molar-refractivity contribution >= 4 is 5.97 Å². The van der Waals surface area contributed by atoms with Crippen molar-refractivity contribution in [2.75, 3.05) is 13.7 Å². The Kier molecular flexibility index (Phi) is 2.27. The van der Waals surface area contributed by atoms with E-state index >= 15 is 0 Å². The monoisotopic (exact) mass is 144 g/mol. The van der Waals surface area contributed by atoms with Gasteiger partial charge in [0.25, 0.3) is 0 Å². The summed E-state index contributed by atoms with van der Waals surface area (Å²) in [4.78, 5) is 10.8. The number of ether oxygens (including phenoxy) is 1. The molecule has 0 aromatic carbocycles. The van der Waals surface area contributed by atoms with Crippen LogP contribution in [0.25, 0.3) is 0 Å². The van der Waals surface area contributed by atoms with Crippen molar-refractivity contribution in [2.24, 2.45) is 11.8 Å². The highest BCUT2D eigenvalue weighted by Gasteiger charge is 2.36. The molecule has 1 aliphatic carbocycles. The summed E-state index contributed by atoms with van der Waals surface area (Å²) in [5.41, 5.74) is 0. The first kappa shape index (κ1) is 7.54. The van der Waals surface area contributed by atoms with Crippen molar-refractivity contribution in [3.8, 4) is 0 Å². The number of esters is 1. The molecule has 0 bridgehead atoms. The van der Waals surface area contributed by atoms with Crippen molar-refractivity contribution in [1.29, 1.82) is 0 Å². The van der Waals surface area contributed by atoms with Gasteiger partial charge in [-0.15, -0.1) is 0 Å². The number of aliphatic hydroxyl groups is 1. The molecular formula is C7H12O3. The van der Waals surface area contributed by atoms with Crippen molar-refractivity contribution < 1.29 is 14.6 Å². The van der Waals surface area contributed by atoms with E-state index in [2.05, 4.69) is 4.74 Å². The molecule has 10 heavy (non-hydrogen) atoms. The van der Waals surface area contributed by atoms with Crippen LogP contribution in [0.2, 0.25) is 0 Å². The van der Waals surface area contributed by atoms with E-state index in [9.17, 15) is 4.79 Å². The Balaban J connectivity index is 2.35. The van der Waals surface area contributed by atoms with E-state index in [4.69, 9.17) is 5.11 Å². The van der Waals surface area contributed by atoms with Gasteiger partial charge in [-0.3, -0.25) is 4.79 Å². The van der Waals surface area contributed by atoms with Gasteiger partial charge in [0.2, 0.25) is 0 Å². The van der Waals surface area contributed by atoms with Crippen LogP contribution in [0, 0.1) is 11.8 Å². The minimum Gasteiger partial charge on any atom is -0.469 e.